The Morgan fingerprint density at radius 1 is 1.04 bits per heavy atom. The van der Waals surface area contributed by atoms with Crippen molar-refractivity contribution in [3.05, 3.63) is 30.0 Å². The largest absolute Gasteiger partial charge is 0.493 e. The molecule has 0 atom stereocenters. The fraction of sp³-hybridized carbons (Fsp3) is 0.375. The normalized spacial score (nSPS) is 13.6. The van der Waals surface area contributed by atoms with Crippen LogP contribution in [0.15, 0.2) is 18.5 Å². The molecule has 3 rings (SSSR count). The Morgan fingerprint density at radius 3 is 2.22 bits per heavy atom. The van der Waals surface area contributed by atoms with Crippen LogP contribution in [0.4, 0.5) is 15.9 Å². The van der Waals surface area contributed by atoms with Gasteiger partial charge in [-0.2, -0.15) is 0 Å². The minimum Gasteiger partial charge on any atom is -0.493 e. The lowest BCUT2D eigenvalue weighted by atomic mass is 10.2. The monoisotopic (exact) mass is 319 g/mol. The van der Waals surface area contributed by atoms with Gasteiger partial charge in [0.15, 0.2) is 23.1 Å². The van der Waals surface area contributed by atoms with Crippen molar-refractivity contribution in [3.63, 3.8) is 0 Å². The maximum absolute atomic E-state index is 14.5. The van der Waals surface area contributed by atoms with Gasteiger partial charge in [-0.3, -0.25) is 0 Å². The predicted octanol–water partition coefficient (Wildman–Crippen LogP) is 3.26. The zero-order valence-corrected chi connectivity index (χ0v) is 13.2. The van der Waals surface area contributed by atoms with Crippen LogP contribution in [0.1, 0.15) is 24.5 Å². The molecule has 1 aromatic carbocycles. The van der Waals surface area contributed by atoms with E-state index in [-0.39, 0.29) is 11.7 Å². The summed E-state index contributed by atoms with van der Waals surface area (Å²) in [6.07, 6.45) is 3.31. The van der Waals surface area contributed by atoms with E-state index in [0.717, 1.165) is 12.8 Å². The molecule has 1 aliphatic rings. The number of hydrogen-bond acceptors (Lipinski definition) is 6. The lowest BCUT2D eigenvalue weighted by Crippen LogP contribution is -2.03. The van der Waals surface area contributed by atoms with Gasteiger partial charge in [-0.1, -0.05) is 0 Å². The van der Waals surface area contributed by atoms with Crippen molar-refractivity contribution < 1.29 is 18.6 Å². The number of benzene rings is 1. The highest BCUT2D eigenvalue weighted by Crippen LogP contribution is 2.42. The number of rotatable bonds is 6. The number of ether oxygens (including phenoxy) is 3. The zero-order valence-electron chi connectivity index (χ0n) is 13.2. The van der Waals surface area contributed by atoms with Crippen LogP contribution in [0.2, 0.25) is 0 Å². The van der Waals surface area contributed by atoms with Gasteiger partial charge < -0.3 is 19.5 Å². The topological polar surface area (TPSA) is 65.5 Å². The van der Waals surface area contributed by atoms with Gasteiger partial charge >= 0.3 is 0 Å². The number of methoxy groups -OCH3 is 3. The van der Waals surface area contributed by atoms with Gasteiger partial charge in [-0.15, -0.1) is 0 Å². The van der Waals surface area contributed by atoms with Gasteiger partial charge in [-0.25, -0.2) is 14.4 Å². The standard InChI is InChI=1S/C16H18FN3O3/c1-21-11-6-10(7-12(22-2)15(11)23-3)20-16-13(17)14(9-4-5-9)18-8-19-16/h6-9H,4-5H2,1-3H3,(H,18,19,20). The Balaban J connectivity index is 1.95. The van der Waals surface area contributed by atoms with E-state index >= 15 is 0 Å². The van der Waals surface area contributed by atoms with Crippen molar-refractivity contribution in [2.75, 3.05) is 26.6 Å². The number of anilines is 2. The first-order chi connectivity index (χ1) is 11.2. The fourth-order valence-corrected chi connectivity index (χ4v) is 2.40. The molecule has 0 saturated heterocycles. The maximum Gasteiger partial charge on any atom is 0.203 e. The van der Waals surface area contributed by atoms with Crippen molar-refractivity contribution in [3.8, 4) is 17.2 Å². The van der Waals surface area contributed by atoms with Gasteiger partial charge in [-0.05, 0) is 12.8 Å². The van der Waals surface area contributed by atoms with Gasteiger partial charge in [0.05, 0.1) is 27.0 Å². The summed E-state index contributed by atoms with van der Waals surface area (Å²) in [5.41, 5.74) is 1.05. The van der Waals surface area contributed by atoms with E-state index in [9.17, 15) is 4.39 Å². The SMILES string of the molecule is COc1cc(Nc2ncnc(C3CC3)c2F)cc(OC)c1OC. The predicted molar refractivity (Wildman–Crippen MR) is 83.3 cm³/mol. The van der Waals surface area contributed by atoms with Gasteiger partial charge in [0.25, 0.3) is 0 Å². The minimum absolute atomic E-state index is 0.135. The minimum atomic E-state index is -0.413. The molecule has 0 amide bonds. The Labute approximate surface area is 133 Å². The van der Waals surface area contributed by atoms with Gasteiger partial charge in [0.1, 0.15) is 6.33 Å². The molecule has 1 aromatic heterocycles. The average Bonchev–Trinajstić information content (AvgIpc) is 3.40. The van der Waals surface area contributed by atoms with Crippen LogP contribution >= 0.6 is 0 Å². The van der Waals surface area contributed by atoms with Gasteiger partial charge in [0.2, 0.25) is 5.75 Å². The second-order valence-corrected chi connectivity index (χ2v) is 5.23. The first-order valence-corrected chi connectivity index (χ1v) is 7.25. The average molecular weight is 319 g/mol. The molecule has 0 spiro atoms. The third-order valence-corrected chi connectivity index (χ3v) is 3.71. The summed E-state index contributed by atoms with van der Waals surface area (Å²) in [5.74, 6) is 1.36. The second-order valence-electron chi connectivity index (χ2n) is 5.23. The zero-order chi connectivity index (χ0) is 16.4. The summed E-state index contributed by atoms with van der Waals surface area (Å²) < 4.78 is 30.3. The van der Waals surface area contributed by atoms with Crippen LogP contribution in [0.3, 0.4) is 0 Å². The third kappa shape index (κ3) is 2.99. The van der Waals surface area contributed by atoms with Crippen LogP contribution < -0.4 is 19.5 Å². The number of nitrogens with zero attached hydrogens (tertiary/aromatic N) is 2. The molecule has 0 bridgehead atoms. The van der Waals surface area contributed by atoms with E-state index in [0.29, 0.717) is 28.6 Å². The molecule has 23 heavy (non-hydrogen) atoms. The molecule has 2 aromatic rings. The molecule has 6 nitrogen and oxygen atoms in total. The second kappa shape index (κ2) is 6.28. The Kier molecular flexibility index (Phi) is 4.18. The van der Waals surface area contributed by atoms with Crippen LogP contribution in [0.25, 0.3) is 0 Å². The molecule has 7 heteroatoms. The first kappa shape index (κ1) is 15.3. The number of halogens is 1. The highest BCUT2D eigenvalue weighted by molar-refractivity contribution is 5.67. The van der Waals surface area contributed by atoms with Crippen LogP contribution in [-0.4, -0.2) is 31.3 Å². The first-order valence-electron chi connectivity index (χ1n) is 7.25. The Bertz CT molecular complexity index is 695. The Morgan fingerprint density at radius 2 is 1.70 bits per heavy atom. The fourth-order valence-electron chi connectivity index (χ4n) is 2.40. The summed E-state index contributed by atoms with van der Waals surface area (Å²) in [4.78, 5) is 8.03. The molecule has 0 radical (unpaired) electrons. The molecule has 122 valence electrons. The molecular formula is C16H18FN3O3. The molecule has 1 N–H and O–H groups in total. The molecule has 1 heterocycles. The summed E-state index contributed by atoms with van der Waals surface area (Å²) in [7, 11) is 4.58. The van der Waals surface area contributed by atoms with Crippen molar-refractivity contribution in [2.24, 2.45) is 0 Å². The molecule has 0 unspecified atom stereocenters. The quantitative estimate of drug-likeness (QED) is 0.881. The lowest BCUT2D eigenvalue weighted by molar-refractivity contribution is 0.324. The van der Waals surface area contributed by atoms with E-state index < -0.39 is 5.82 Å². The van der Waals surface area contributed by atoms with Crippen molar-refractivity contribution in [1.82, 2.24) is 9.97 Å². The van der Waals surface area contributed by atoms with Crippen molar-refractivity contribution >= 4 is 11.5 Å². The highest BCUT2D eigenvalue weighted by atomic mass is 19.1. The third-order valence-electron chi connectivity index (χ3n) is 3.71. The van der Waals surface area contributed by atoms with E-state index in [2.05, 4.69) is 15.3 Å². The molecule has 1 fully saturated rings. The molecule has 1 saturated carbocycles. The van der Waals surface area contributed by atoms with Crippen LogP contribution in [0.5, 0.6) is 17.2 Å². The summed E-state index contributed by atoms with van der Waals surface area (Å²) in [5, 5.41) is 2.95. The maximum atomic E-state index is 14.5. The van der Waals surface area contributed by atoms with Crippen molar-refractivity contribution in [2.45, 2.75) is 18.8 Å². The smallest absolute Gasteiger partial charge is 0.203 e. The highest BCUT2D eigenvalue weighted by Gasteiger charge is 2.29. The van der Waals surface area contributed by atoms with E-state index in [1.54, 1.807) is 12.1 Å². The van der Waals surface area contributed by atoms with E-state index in [4.69, 9.17) is 14.2 Å². The lowest BCUT2D eigenvalue weighted by Gasteiger charge is -2.15. The Hall–Kier alpha value is -2.57. The van der Waals surface area contributed by atoms with E-state index in [1.165, 1.54) is 27.7 Å². The number of nitrogens with one attached hydrogen (secondary N) is 1. The van der Waals surface area contributed by atoms with Crippen LogP contribution in [0, 0.1) is 5.82 Å². The van der Waals surface area contributed by atoms with Gasteiger partial charge in [0, 0.05) is 23.7 Å². The number of aromatic nitrogens is 2. The van der Waals surface area contributed by atoms with Crippen LogP contribution in [-0.2, 0) is 0 Å². The van der Waals surface area contributed by atoms with E-state index in [1.807, 2.05) is 0 Å². The summed E-state index contributed by atoms with van der Waals surface area (Å²) in [6, 6.07) is 3.39. The molecule has 1 aliphatic carbocycles. The molecule has 0 aliphatic heterocycles. The number of hydrogen-bond donors (Lipinski definition) is 1. The molecular weight excluding hydrogens is 301 g/mol. The summed E-state index contributed by atoms with van der Waals surface area (Å²) >= 11 is 0. The van der Waals surface area contributed by atoms with Crippen molar-refractivity contribution in [1.29, 1.82) is 0 Å². The summed E-state index contributed by atoms with van der Waals surface area (Å²) in [6.45, 7) is 0.